The number of hydrogen-bond donors (Lipinski definition) is 1. The van der Waals surface area contributed by atoms with Crippen molar-refractivity contribution in [3.8, 4) is 0 Å². The van der Waals surface area contributed by atoms with E-state index in [1.165, 1.54) is 10.7 Å². The first-order valence-electron chi connectivity index (χ1n) is 7.40. The molecule has 0 aliphatic heterocycles. The highest BCUT2D eigenvalue weighted by Crippen LogP contribution is 2.29. The summed E-state index contributed by atoms with van der Waals surface area (Å²) in [5.41, 5.74) is 0.816. The maximum absolute atomic E-state index is 12.6. The highest BCUT2D eigenvalue weighted by atomic mass is 35.5. The van der Waals surface area contributed by atoms with Gasteiger partial charge in [0.2, 0.25) is 10.0 Å². The minimum Gasteiger partial charge on any atom is -0.313 e. The van der Waals surface area contributed by atoms with Gasteiger partial charge in [-0.2, -0.15) is 0 Å². The fraction of sp³-hybridized carbons (Fsp3) is 0.600. The predicted molar refractivity (Wildman–Crippen MR) is 86.0 cm³/mol. The minimum atomic E-state index is -3.43. The standard InChI is InChI=1S/C15H23ClN2O2S/c1-3-17-10-13-9-14(7-8-15(13)16)21(19,20)18(2)11-12-5-4-6-12/h7-9,12,17H,3-6,10-11H2,1-2H3. The van der Waals surface area contributed by atoms with Crippen LogP contribution in [0.3, 0.4) is 0 Å². The zero-order valence-electron chi connectivity index (χ0n) is 12.6. The van der Waals surface area contributed by atoms with Crippen molar-refractivity contribution in [3.63, 3.8) is 0 Å². The van der Waals surface area contributed by atoms with E-state index in [0.29, 0.717) is 28.9 Å². The number of halogens is 1. The summed E-state index contributed by atoms with van der Waals surface area (Å²) in [6.07, 6.45) is 3.48. The second kappa shape index (κ2) is 7.09. The molecule has 4 nitrogen and oxygen atoms in total. The van der Waals surface area contributed by atoms with E-state index in [1.807, 2.05) is 6.92 Å². The van der Waals surface area contributed by atoms with Crippen LogP contribution in [0.25, 0.3) is 0 Å². The van der Waals surface area contributed by atoms with E-state index in [9.17, 15) is 8.42 Å². The zero-order chi connectivity index (χ0) is 15.5. The normalized spacial score (nSPS) is 16.2. The lowest BCUT2D eigenvalue weighted by Crippen LogP contribution is -2.34. The maximum atomic E-state index is 12.6. The van der Waals surface area contributed by atoms with Crippen LogP contribution in [0, 0.1) is 5.92 Å². The van der Waals surface area contributed by atoms with Crippen molar-refractivity contribution in [3.05, 3.63) is 28.8 Å². The average molecular weight is 331 g/mol. The van der Waals surface area contributed by atoms with Crippen LogP contribution in [0.4, 0.5) is 0 Å². The number of benzene rings is 1. The molecule has 1 fully saturated rings. The Morgan fingerprint density at radius 2 is 2.10 bits per heavy atom. The minimum absolute atomic E-state index is 0.321. The molecule has 0 aromatic heterocycles. The molecule has 21 heavy (non-hydrogen) atoms. The maximum Gasteiger partial charge on any atom is 0.242 e. The van der Waals surface area contributed by atoms with Gasteiger partial charge in [-0.15, -0.1) is 0 Å². The number of sulfonamides is 1. The lowest BCUT2D eigenvalue weighted by molar-refractivity contribution is 0.263. The molecule has 0 heterocycles. The molecule has 0 unspecified atom stereocenters. The van der Waals surface area contributed by atoms with Crippen LogP contribution in [0.5, 0.6) is 0 Å². The Morgan fingerprint density at radius 1 is 1.38 bits per heavy atom. The van der Waals surface area contributed by atoms with Gasteiger partial charge >= 0.3 is 0 Å². The van der Waals surface area contributed by atoms with E-state index >= 15 is 0 Å². The Bertz CT molecular complexity index is 585. The molecule has 118 valence electrons. The molecule has 1 aliphatic carbocycles. The van der Waals surface area contributed by atoms with Gasteiger partial charge < -0.3 is 5.32 Å². The Hall–Kier alpha value is -0.620. The summed E-state index contributed by atoms with van der Waals surface area (Å²) in [6.45, 7) is 3.99. The Balaban J connectivity index is 2.18. The third-order valence-corrected chi connectivity index (χ3v) is 6.22. The molecule has 1 saturated carbocycles. The van der Waals surface area contributed by atoms with Crippen LogP contribution >= 0.6 is 11.6 Å². The van der Waals surface area contributed by atoms with Crippen molar-refractivity contribution in [2.45, 2.75) is 37.6 Å². The van der Waals surface area contributed by atoms with Crippen LogP contribution in [0.1, 0.15) is 31.7 Å². The van der Waals surface area contributed by atoms with Gasteiger partial charge in [0.05, 0.1) is 4.90 Å². The molecule has 0 radical (unpaired) electrons. The van der Waals surface area contributed by atoms with Gasteiger partial charge in [-0.3, -0.25) is 0 Å². The van der Waals surface area contributed by atoms with Gasteiger partial charge in [-0.1, -0.05) is 24.9 Å². The van der Waals surface area contributed by atoms with Crippen LogP contribution in [-0.2, 0) is 16.6 Å². The molecule has 0 spiro atoms. The SMILES string of the molecule is CCNCc1cc(S(=O)(=O)N(C)CC2CCC2)ccc1Cl. The monoisotopic (exact) mass is 330 g/mol. The molecule has 0 atom stereocenters. The Labute approximate surface area is 132 Å². The van der Waals surface area contributed by atoms with E-state index in [1.54, 1.807) is 25.2 Å². The van der Waals surface area contributed by atoms with Gasteiger partial charge in [0.1, 0.15) is 0 Å². The van der Waals surface area contributed by atoms with Gasteiger partial charge in [-0.05, 0) is 49.1 Å². The molecule has 6 heteroatoms. The van der Waals surface area contributed by atoms with E-state index in [0.717, 1.165) is 24.9 Å². The average Bonchev–Trinajstić information content (AvgIpc) is 2.41. The molecule has 2 rings (SSSR count). The van der Waals surface area contributed by atoms with E-state index in [-0.39, 0.29) is 0 Å². The number of nitrogens with zero attached hydrogens (tertiary/aromatic N) is 1. The van der Waals surface area contributed by atoms with Crippen molar-refractivity contribution in [2.24, 2.45) is 5.92 Å². The Kier molecular flexibility index (Phi) is 5.66. The summed E-state index contributed by atoms with van der Waals surface area (Å²) >= 11 is 6.13. The van der Waals surface area contributed by atoms with Crippen molar-refractivity contribution < 1.29 is 8.42 Å². The van der Waals surface area contributed by atoms with Crippen LogP contribution in [-0.4, -0.2) is 32.9 Å². The predicted octanol–water partition coefficient (Wildman–Crippen LogP) is 2.87. The van der Waals surface area contributed by atoms with Crippen molar-refractivity contribution in [1.82, 2.24) is 9.62 Å². The quantitative estimate of drug-likeness (QED) is 0.836. The zero-order valence-corrected chi connectivity index (χ0v) is 14.2. The first-order valence-corrected chi connectivity index (χ1v) is 9.22. The van der Waals surface area contributed by atoms with Crippen molar-refractivity contribution in [2.75, 3.05) is 20.1 Å². The van der Waals surface area contributed by atoms with Gasteiger partial charge in [-0.25, -0.2) is 12.7 Å². The molecule has 1 aromatic rings. The third-order valence-electron chi connectivity index (χ3n) is 4.03. The number of hydrogen-bond acceptors (Lipinski definition) is 3. The largest absolute Gasteiger partial charge is 0.313 e. The fourth-order valence-electron chi connectivity index (χ4n) is 2.42. The summed E-state index contributed by atoms with van der Waals surface area (Å²) in [5, 5.41) is 3.76. The first kappa shape index (κ1) is 16.7. The third kappa shape index (κ3) is 3.97. The van der Waals surface area contributed by atoms with E-state index in [2.05, 4.69) is 5.32 Å². The van der Waals surface area contributed by atoms with Gasteiger partial charge in [0.15, 0.2) is 0 Å². The molecule has 1 N–H and O–H groups in total. The lowest BCUT2D eigenvalue weighted by Gasteiger charge is -2.29. The van der Waals surface area contributed by atoms with Crippen LogP contribution in [0.15, 0.2) is 23.1 Å². The molecule has 0 saturated heterocycles. The summed E-state index contributed by atoms with van der Waals surface area (Å²) in [4.78, 5) is 0.321. The van der Waals surface area contributed by atoms with Crippen LogP contribution in [0.2, 0.25) is 5.02 Å². The second-order valence-corrected chi connectivity index (χ2v) is 8.07. The van der Waals surface area contributed by atoms with E-state index in [4.69, 9.17) is 11.6 Å². The summed E-state index contributed by atoms with van der Waals surface area (Å²) < 4.78 is 26.7. The smallest absolute Gasteiger partial charge is 0.242 e. The fourth-order valence-corrected chi connectivity index (χ4v) is 3.91. The molecule has 0 amide bonds. The first-order chi connectivity index (χ1) is 9.95. The van der Waals surface area contributed by atoms with Crippen molar-refractivity contribution >= 4 is 21.6 Å². The summed E-state index contributed by atoms with van der Waals surface area (Å²) in [6, 6.07) is 4.93. The highest BCUT2D eigenvalue weighted by molar-refractivity contribution is 7.89. The summed E-state index contributed by atoms with van der Waals surface area (Å²) in [5.74, 6) is 0.512. The highest BCUT2D eigenvalue weighted by Gasteiger charge is 2.27. The lowest BCUT2D eigenvalue weighted by atomic mass is 9.86. The second-order valence-electron chi connectivity index (χ2n) is 5.62. The number of rotatable bonds is 7. The van der Waals surface area contributed by atoms with Gasteiger partial charge in [0.25, 0.3) is 0 Å². The molecule has 1 aliphatic rings. The van der Waals surface area contributed by atoms with Gasteiger partial charge in [0, 0.05) is 25.2 Å². The molecule has 0 bridgehead atoms. The van der Waals surface area contributed by atoms with Crippen molar-refractivity contribution in [1.29, 1.82) is 0 Å². The Morgan fingerprint density at radius 3 is 2.67 bits per heavy atom. The molecular formula is C15H23ClN2O2S. The topological polar surface area (TPSA) is 49.4 Å². The van der Waals surface area contributed by atoms with Crippen LogP contribution < -0.4 is 5.32 Å². The van der Waals surface area contributed by atoms with E-state index < -0.39 is 10.0 Å². The molecule has 1 aromatic carbocycles. The summed E-state index contributed by atoms with van der Waals surface area (Å²) in [7, 11) is -1.77. The number of nitrogens with one attached hydrogen (secondary N) is 1. The molecular weight excluding hydrogens is 308 g/mol.